The number of amides is 2. The number of fused-ring (bicyclic) bond motifs is 1. The molecule has 3 N–H and O–H groups in total. The third-order valence-electron chi connectivity index (χ3n) is 4.58. The van der Waals surface area contributed by atoms with Crippen molar-refractivity contribution < 1.29 is 14.0 Å². The van der Waals surface area contributed by atoms with Crippen LogP contribution in [0.3, 0.4) is 0 Å². The first-order valence-corrected chi connectivity index (χ1v) is 10.6. The van der Waals surface area contributed by atoms with Crippen molar-refractivity contribution in [3.63, 3.8) is 0 Å². The molecule has 10 heteroatoms. The van der Waals surface area contributed by atoms with E-state index < -0.39 is 5.91 Å². The van der Waals surface area contributed by atoms with Crippen LogP contribution in [0.15, 0.2) is 28.0 Å². The summed E-state index contributed by atoms with van der Waals surface area (Å²) in [5.41, 5.74) is 7.05. The number of nitrogens with one attached hydrogen (secondary N) is 1. The van der Waals surface area contributed by atoms with Crippen molar-refractivity contribution >= 4 is 39.9 Å². The monoisotopic (exact) mass is 417 g/mol. The van der Waals surface area contributed by atoms with Crippen LogP contribution in [0.1, 0.15) is 33.6 Å². The number of aryl methyl sites for hydroxylation is 1. The van der Waals surface area contributed by atoms with E-state index in [9.17, 15) is 9.59 Å². The van der Waals surface area contributed by atoms with Crippen LogP contribution in [0, 0.1) is 0 Å². The fraction of sp³-hybridized carbons (Fsp3) is 0.333. The number of hydrogen-bond acceptors (Lipinski definition) is 7. The lowest BCUT2D eigenvalue weighted by molar-refractivity contribution is -0.113. The highest BCUT2D eigenvalue weighted by Crippen LogP contribution is 2.38. The largest absolute Gasteiger partial charge is 0.461 e. The Bertz CT molecular complexity index is 1020. The van der Waals surface area contributed by atoms with Gasteiger partial charge in [0.2, 0.25) is 5.91 Å². The van der Waals surface area contributed by atoms with E-state index in [1.54, 1.807) is 23.0 Å². The Morgan fingerprint density at radius 3 is 2.93 bits per heavy atom. The maximum absolute atomic E-state index is 12.5. The van der Waals surface area contributed by atoms with E-state index in [-0.39, 0.29) is 11.7 Å². The van der Waals surface area contributed by atoms with Crippen LogP contribution >= 0.6 is 23.1 Å². The summed E-state index contributed by atoms with van der Waals surface area (Å²) in [6.07, 6.45) is 5.47. The molecule has 3 aromatic rings. The highest BCUT2D eigenvalue weighted by molar-refractivity contribution is 7.99. The number of carbonyl (C=O) groups excluding carboxylic acids is 2. The van der Waals surface area contributed by atoms with Crippen molar-refractivity contribution in [1.29, 1.82) is 0 Å². The topological polar surface area (TPSA) is 116 Å². The summed E-state index contributed by atoms with van der Waals surface area (Å²) in [4.78, 5) is 25.5. The molecule has 8 nitrogen and oxygen atoms in total. The normalized spacial score (nSPS) is 13.3. The fourth-order valence-electron chi connectivity index (χ4n) is 3.27. The summed E-state index contributed by atoms with van der Waals surface area (Å²) >= 11 is 2.72. The number of anilines is 1. The van der Waals surface area contributed by atoms with Crippen molar-refractivity contribution in [3.8, 4) is 11.6 Å². The number of nitrogens with two attached hydrogens (primary N) is 1. The van der Waals surface area contributed by atoms with Gasteiger partial charge in [-0.1, -0.05) is 11.8 Å². The van der Waals surface area contributed by atoms with Gasteiger partial charge in [-0.05, 0) is 43.4 Å². The number of carbonyl (C=O) groups is 2. The molecule has 0 fully saturated rings. The van der Waals surface area contributed by atoms with E-state index >= 15 is 0 Å². The first-order chi connectivity index (χ1) is 13.5. The summed E-state index contributed by atoms with van der Waals surface area (Å²) in [5.74, 6) is 0.647. The van der Waals surface area contributed by atoms with Crippen molar-refractivity contribution in [1.82, 2.24) is 14.8 Å². The Kier molecular flexibility index (Phi) is 5.23. The molecule has 146 valence electrons. The summed E-state index contributed by atoms with van der Waals surface area (Å²) in [6.45, 7) is 0. The lowest BCUT2D eigenvalue weighted by Crippen LogP contribution is -2.19. The van der Waals surface area contributed by atoms with Gasteiger partial charge in [-0.25, -0.2) is 0 Å². The van der Waals surface area contributed by atoms with Crippen LogP contribution < -0.4 is 11.1 Å². The lowest BCUT2D eigenvalue weighted by Gasteiger charge is -2.11. The molecule has 4 rings (SSSR count). The molecule has 0 atom stereocenters. The number of hydrogen-bond donors (Lipinski definition) is 2. The van der Waals surface area contributed by atoms with E-state index in [4.69, 9.17) is 10.2 Å². The van der Waals surface area contributed by atoms with Gasteiger partial charge in [0, 0.05) is 11.9 Å². The van der Waals surface area contributed by atoms with Gasteiger partial charge >= 0.3 is 0 Å². The predicted octanol–water partition coefficient (Wildman–Crippen LogP) is 2.85. The van der Waals surface area contributed by atoms with Crippen molar-refractivity contribution in [3.05, 3.63) is 34.4 Å². The van der Waals surface area contributed by atoms with E-state index in [0.29, 0.717) is 27.3 Å². The molecular weight excluding hydrogens is 398 g/mol. The Hall–Kier alpha value is -2.59. The van der Waals surface area contributed by atoms with Gasteiger partial charge in [0.15, 0.2) is 16.7 Å². The smallest absolute Gasteiger partial charge is 0.251 e. The molecule has 2 amide bonds. The minimum Gasteiger partial charge on any atom is -0.461 e. The second-order valence-electron chi connectivity index (χ2n) is 6.46. The van der Waals surface area contributed by atoms with E-state index in [0.717, 1.165) is 36.1 Å². The van der Waals surface area contributed by atoms with Gasteiger partial charge in [-0.15, -0.1) is 21.5 Å². The number of aromatic nitrogens is 3. The summed E-state index contributed by atoms with van der Waals surface area (Å²) in [7, 11) is 1.82. The van der Waals surface area contributed by atoms with E-state index in [1.165, 1.54) is 23.1 Å². The van der Waals surface area contributed by atoms with Crippen LogP contribution in [0.5, 0.6) is 0 Å². The van der Waals surface area contributed by atoms with Gasteiger partial charge < -0.3 is 20.0 Å². The third kappa shape index (κ3) is 3.57. The highest BCUT2D eigenvalue weighted by Gasteiger charge is 2.25. The second-order valence-corrected chi connectivity index (χ2v) is 8.51. The molecule has 0 spiro atoms. The molecule has 1 aliphatic carbocycles. The van der Waals surface area contributed by atoms with Crippen LogP contribution in [-0.2, 0) is 24.7 Å². The van der Waals surface area contributed by atoms with Crippen LogP contribution in [-0.4, -0.2) is 32.3 Å². The number of nitrogens with zero attached hydrogens (tertiary/aromatic N) is 3. The van der Waals surface area contributed by atoms with Crippen LogP contribution in [0.25, 0.3) is 11.6 Å². The SMILES string of the molecule is Cn1c(SCC(=O)Nc2sc3c(c2C(N)=O)CCCC3)nnc1-c1ccco1. The van der Waals surface area contributed by atoms with Gasteiger partial charge in [-0.2, -0.15) is 0 Å². The number of primary amides is 1. The first-order valence-electron chi connectivity index (χ1n) is 8.85. The number of rotatable bonds is 6. The molecule has 1 aliphatic rings. The summed E-state index contributed by atoms with van der Waals surface area (Å²) < 4.78 is 7.11. The van der Waals surface area contributed by atoms with Crippen LogP contribution in [0.4, 0.5) is 5.00 Å². The number of thiophene rings is 1. The Labute approximate surface area is 169 Å². The zero-order chi connectivity index (χ0) is 19.7. The quantitative estimate of drug-likeness (QED) is 0.596. The zero-order valence-electron chi connectivity index (χ0n) is 15.2. The third-order valence-corrected chi connectivity index (χ3v) is 6.81. The average Bonchev–Trinajstić information content (AvgIpc) is 3.38. The molecule has 3 aromatic heterocycles. The van der Waals surface area contributed by atoms with Gasteiger partial charge in [0.05, 0.1) is 17.6 Å². The molecule has 28 heavy (non-hydrogen) atoms. The Morgan fingerprint density at radius 2 is 2.18 bits per heavy atom. The average molecular weight is 418 g/mol. The number of thioether (sulfide) groups is 1. The molecular formula is C18H19N5O3S2. The molecule has 0 saturated heterocycles. The number of furan rings is 1. The fourth-order valence-corrected chi connectivity index (χ4v) is 5.29. The molecule has 0 saturated carbocycles. The standard InChI is InChI=1S/C18H19N5O3S2/c1-23-16(11-6-4-8-26-11)21-22-18(23)27-9-13(24)20-17-14(15(19)25)10-5-2-3-7-12(10)28-17/h4,6,8H,2-3,5,7,9H2,1H3,(H2,19,25)(H,20,24). The predicted molar refractivity (Wildman–Crippen MR) is 108 cm³/mol. The summed E-state index contributed by atoms with van der Waals surface area (Å²) in [6, 6.07) is 3.58. The Balaban J connectivity index is 1.45. The molecule has 0 unspecified atom stereocenters. The maximum atomic E-state index is 12.5. The Morgan fingerprint density at radius 1 is 1.36 bits per heavy atom. The maximum Gasteiger partial charge on any atom is 0.251 e. The zero-order valence-corrected chi connectivity index (χ0v) is 16.9. The molecule has 0 radical (unpaired) electrons. The van der Waals surface area contributed by atoms with Crippen LogP contribution in [0.2, 0.25) is 0 Å². The minimum atomic E-state index is -0.487. The first kappa shape index (κ1) is 18.8. The van der Waals surface area contributed by atoms with Gasteiger partial charge in [0.1, 0.15) is 5.00 Å². The van der Waals surface area contributed by atoms with E-state index in [2.05, 4.69) is 15.5 Å². The van der Waals surface area contributed by atoms with Crippen molar-refractivity contribution in [2.75, 3.05) is 11.1 Å². The van der Waals surface area contributed by atoms with E-state index in [1.807, 2.05) is 7.05 Å². The molecule has 0 aromatic carbocycles. The van der Waals surface area contributed by atoms with Gasteiger partial charge in [-0.3, -0.25) is 9.59 Å². The second kappa shape index (κ2) is 7.80. The van der Waals surface area contributed by atoms with Gasteiger partial charge in [0.25, 0.3) is 5.91 Å². The molecule has 3 heterocycles. The van der Waals surface area contributed by atoms with Crippen molar-refractivity contribution in [2.45, 2.75) is 30.8 Å². The summed E-state index contributed by atoms with van der Waals surface area (Å²) in [5, 5.41) is 12.2. The highest BCUT2D eigenvalue weighted by atomic mass is 32.2. The lowest BCUT2D eigenvalue weighted by atomic mass is 9.95. The molecule has 0 bridgehead atoms. The minimum absolute atomic E-state index is 0.144. The molecule has 0 aliphatic heterocycles. The van der Waals surface area contributed by atoms with Crippen molar-refractivity contribution in [2.24, 2.45) is 12.8 Å².